The molecule has 1 aliphatic rings. The molecule has 17 heavy (non-hydrogen) atoms. The van der Waals surface area contributed by atoms with Crippen LogP contribution in [0, 0.1) is 5.92 Å². The highest BCUT2D eigenvalue weighted by molar-refractivity contribution is 7.12. The average Bonchev–Trinajstić information content (AvgIpc) is 2.94. The number of benzene rings is 1. The summed E-state index contributed by atoms with van der Waals surface area (Å²) < 4.78 is 0. The van der Waals surface area contributed by atoms with E-state index in [9.17, 15) is 4.79 Å². The van der Waals surface area contributed by atoms with Gasteiger partial charge in [0.1, 0.15) is 0 Å². The zero-order valence-corrected chi connectivity index (χ0v) is 10.7. The van der Waals surface area contributed by atoms with Crippen LogP contribution in [0.25, 0.3) is 0 Å². The molecule has 3 rings (SSSR count). The molecule has 3 heteroatoms. The van der Waals surface area contributed by atoms with Gasteiger partial charge in [0.2, 0.25) is 0 Å². The van der Waals surface area contributed by atoms with Gasteiger partial charge in [0.15, 0.2) is 5.78 Å². The predicted molar refractivity (Wildman–Crippen MR) is 70.9 cm³/mol. The van der Waals surface area contributed by atoms with Crippen molar-refractivity contribution in [2.45, 2.75) is 12.3 Å². The Balaban J connectivity index is 1.77. The SMILES string of the molecule is O=C(c1cccs1)C1CC1c1cccc(Cl)c1. The van der Waals surface area contributed by atoms with Gasteiger partial charge in [-0.1, -0.05) is 29.8 Å². The maximum absolute atomic E-state index is 12.1. The van der Waals surface area contributed by atoms with Gasteiger partial charge in [-0.05, 0) is 41.5 Å². The largest absolute Gasteiger partial charge is 0.293 e. The zero-order chi connectivity index (χ0) is 11.8. The molecule has 0 spiro atoms. The molecule has 1 aromatic heterocycles. The highest BCUT2D eigenvalue weighted by atomic mass is 35.5. The number of Topliss-reactive ketones (excluding diaryl/α,β-unsaturated/α-hetero) is 1. The Morgan fingerprint density at radius 1 is 1.29 bits per heavy atom. The van der Waals surface area contributed by atoms with Gasteiger partial charge in [0.25, 0.3) is 0 Å². The lowest BCUT2D eigenvalue weighted by molar-refractivity contribution is 0.0969. The van der Waals surface area contributed by atoms with Crippen LogP contribution >= 0.6 is 22.9 Å². The normalized spacial score (nSPS) is 22.4. The van der Waals surface area contributed by atoms with Crippen molar-refractivity contribution in [1.82, 2.24) is 0 Å². The van der Waals surface area contributed by atoms with Crippen molar-refractivity contribution in [2.75, 3.05) is 0 Å². The van der Waals surface area contributed by atoms with Gasteiger partial charge in [-0.25, -0.2) is 0 Å². The second kappa shape index (κ2) is 4.28. The molecule has 1 nitrogen and oxygen atoms in total. The van der Waals surface area contributed by atoms with Crippen LogP contribution in [0.3, 0.4) is 0 Å². The second-order valence-corrected chi connectivity index (χ2v) is 5.73. The number of hydrogen-bond donors (Lipinski definition) is 0. The maximum atomic E-state index is 12.1. The molecule has 1 heterocycles. The van der Waals surface area contributed by atoms with Gasteiger partial charge in [-0.2, -0.15) is 0 Å². The van der Waals surface area contributed by atoms with Crippen LogP contribution in [0.15, 0.2) is 41.8 Å². The van der Waals surface area contributed by atoms with Crippen molar-refractivity contribution in [1.29, 1.82) is 0 Å². The van der Waals surface area contributed by atoms with Gasteiger partial charge < -0.3 is 0 Å². The number of carbonyl (C=O) groups is 1. The first kappa shape index (κ1) is 11.0. The summed E-state index contributed by atoms with van der Waals surface area (Å²) >= 11 is 7.48. The minimum atomic E-state index is 0.159. The van der Waals surface area contributed by atoms with E-state index in [4.69, 9.17) is 11.6 Å². The molecule has 86 valence electrons. The lowest BCUT2D eigenvalue weighted by Gasteiger charge is -2.00. The average molecular weight is 263 g/mol. The summed E-state index contributed by atoms with van der Waals surface area (Å²) in [6, 6.07) is 11.7. The van der Waals surface area contributed by atoms with Gasteiger partial charge in [0, 0.05) is 10.9 Å². The molecule has 0 saturated heterocycles. The monoisotopic (exact) mass is 262 g/mol. The molecule has 0 aliphatic heterocycles. The summed E-state index contributed by atoms with van der Waals surface area (Å²) in [4.78, 5) is 13.0. The minimum absolute atomic E-state index is 0.159. The lowest BCUT2D eigenvalue weighted by atomic mass is 10.1. The van der Waals surface area contributed by atoms with E-state index < -0.39 is 0 Å². The van der Waals surface area contributed by atoms with E-state index in [2.05, 4.69) is 6.07 Å². The van der Waals surface area contributed by atoms with Gasteiger partial charge in [-0.3, -0.25) is 4.79 Å². The van der Waals surface area contributed by atoms with Crippen LogP contribution in [0.4, 0.5) is 0 Å². The van der Waals surface area contributed by atoms with E-state index in [-0.39, 0.29) is 11.7 Å². The first-order valence-corrected chi connectivity index (χ1v) is 6.84. The molecule has 0 radical (unpaired) electrons. The molecule has 1 aromatic carbocycles. The van der Waals surface area contributed by atoms with E-state index >= 15 is 0 Å². The van der Waals surface area contributed by atoms with Crippen molar-refractivity contribution in [3.8, 4) is 0 Å². The lowest BCUT2D eigenvalue weighted by Crippen LogP contribution is -2.00. The van der Waals surface area contributed by atoms with Crippen LogP contribution < -0.4 is 0 Å². The number of halogens is 1. The van der Waals surface area contributed by atoms with Crippen LogP contribution in [0.5, 0.6) is 0 Å². The standard InChI is InChI=1S/C14H11ClOS/c15-10-4-1-3-9(7-10)11-8-12(11)14(16)13-5-2-6-17-13/h1-7,11-12H,8H2. The Bertz CT molecular complexity index is 547. The molecule has 0 amide bonds. The fourth-order valence-corrected chi connectivity index (χ4v) is 3.12. The molecule has 0 bridgehead atoms. The Hall–Kier alpha value is -1.12. The van der Waals surface area contributed by atoms with Gasteiger partial charge in [0.05, 0.1) is 4.88 Å². The highest BCUT2D eigenvalue weighted by Crippen LogP contribution is 2.49. The molecular formula is C14H11ClOS. The van der Waals surface area contributed by atoms with Crippen molar-refractivity contribution >= 4 is 28.7 Å². The number of rotatable bonds is 3. The maximum Gasteiger partial charge on any atom is 0.176 e. The van der Waals surface area contributed by atoms with E-state index in [1.165, 1.54) is 16.9 Å². The minimum Gasteiger partial charge on any atom is -0.293 e. The Kier molecular flexibility index (Phi) is 2.77. The molecular weight excluding hydrogens is 252 g/mol. The zero-order valence-electron chi connectivity index (χ0n) is 9.10. The van der Waals surface area contributed by atoms with Crippen molar-refractivity contribution in [3.63, 3.8) is 0 Å². The third-order valence-electron chi connectivity index (χ3n) is 3.17. The second-order valence-electron chi connectivity index (χ2n) is 4.35. The number of hydrogen-bond acceptors (Lipinski definition) is 2. The van der Waals surface area contributed by atoms with Gasteiger partial charge >= 0.3 is 0 Å². The molecule has 2 unspecified atom stereocenters. The summed E-state index contributed by atoms with van der Waals surface area (Å²) in [5.41, 5.74) is 1.19. The van der Waals surface area contributed by atoms with Gasteiger partial charge in [-0.15, -0.1) is 11.3 Å². The summed E-state index contributed by atoms with van der Waals surface area (Å²) in [6.07, 6.45) is 0.955. The fraction of sp³-hybridized carbons (Fsp3) is 0.214. The molecule has 0 N–H and O–H groups in total. The fourth-order valence-electron chi connectivity index (χ4n) is 2.19. The van der Waals surface area contributed by atoms with Crippen molar-refractivity contribution < 1.29 is 4.79 Å². The van der Waals surface area contributed by atoms with E-state index in [0.717, 1.165) is 16.3 Å². The highest BCUT2D eigenvalue weighted by Gasteiger charge is 2.44. The van der Waals surface area contributed by atoms with E-state index in [1.54, 1.807) is 0 Å². The summed E-state index contributed by atoms with van der Waals surface area (Å²) in [7, 11) is 0. The van der Waals surface area contributed by atoms with E-state index in [0.29, 0.717) is 5.92 Å². The van der Waals surface area contributed by atoms with Crippen molar-refractivity contribution in [2.24, 2.45) is 5.92 Å². The number of carbonyl (C=O) groups excluding carboxylic acids is 1. The third-order valence-corrected chi connectivity index (χ3v) is 4.29. The van der Waals surface area contributed by atoms with Crippen LogP contribution in [0.1, 0.15) is 27.6 Å². The number of ketones is 1. The van der Waals surface area contributed by atoms with Crippen molar-refractivity contribution in [3.05, 3.63) is 57.2 Å². The molecule has 2 atom stereocenters. The topological polar surface area (TPSA) is 17.1 Å². The van der Waals surface area contributed by atoms with Crippen LogP contribution in [0.2, 0.25) is 5.02 Å². The smallest absolute Gasteiger partial charge is 0.176 e. The molecule has 1 saturated carbocycles. The first-order chi connectivity index (χ1) is 8.25. The third kappa shape index (κ3) is 2.15. The quantitative estimate of drug-likeness (QED) is 0.750. The van der Waals surface area contributed by atoms with E-state index in [1.807, 2.05) is 35.7 Å². The number of thiophene rings is 1. The van der Waals surface area contributed by atoms with Crippen LogP contribution in [-0.4, -0.2) is 5.78 Å². The molecule has 1 fully saturated rings. The Morgan fingerprint density at radius 2 is 2.18 bits per heavy atom. The summed E-state index contributed by atoms with van der Waals surface area (Å²) in [5.74, 6) is 0.806. The van der Waals surface area contributed by atoms with Crippen LogP contribution in [-0.2, 0) is 0 Å². The molecule has 1 aliphatic carbocycles. The predicted octanol–water partition coefficient (Wildman–Crippen LogP) is 4.39. The first-order valence-electron chi connectivity index (χ1n) is 5.59. The molecule has 2 aromatic rings. The Morgan fingerprint density at radius 3 is 2.88 bits per heavy atom. The summed E-state index contributed by atoms with van der Waals surface area (Å²) in [5, 5.41) is 2.70. The summed E-state index contributed by atoms with van der Waals surface area (Å²) in [6.45, 7) is 0. The Labute approximate surface area is 109 Å².